The maximum Gasteiger partial charge on any atom is 0.161 e. The number of imidazole rings is 1. The fraction of sp³-hybridized carbons (Fsp3) is 0.0952. The van der Waals surface area contributed by atoms with E-state index in [1.165, 1.54) is 7.11 Å². The van der Waals surface area contributed by atoms with Crippen LogP contribution >= 0.6 is 0 Å². The molecule has 4 aromatic rings. The standard InChI is InChI=1S/C21H19N3O3/c1-26-17-8-4-3-7-15(17)22-21-20(23-19-9-5-6-12-24(19)21)14-10-11-16(25)18(13-14)27-2/h3-13,22,25H,1-2H3. The smallest absolute Gasteiger partial charge is 0.161 e. The van der Waals surface area contributed by atoms with Crippen LogP contribution in [0.4, 0.5) is 11.5 Å². The summed E-state index contributed by atoms with van der Waals surface area (Å²) in [5, 5.41) is 13.3. The number of benzene rings is 2. The van der Waals surface area contributed by atoms with E-state index in [2.05, 4.69) is 5.32 Å². The number of ether oxygens (including phenoxy) is 2. The van der Waals surface area contributed by atoms with Crippen molar-refractivity contribution < 1.29 is 14.6 Å². The third kappa shape index (κ3) is 3.01. The van der Waals surface area contributed by atoms with E-state index in [9.17, 15) is 5.11 Å². The Labute approximate surface area is 156 Å². The van der Waals surface area contributed by atoms with Crippen LogP contribution in [0.2, 0.25) is 0 Å². The van der Waals surface area contributed by atoms with Crippen LogP contribution in [0.3, 0.4) is 0 Å². The molecule has 0 spiro atoms. The third-order valence-electron chi connectivity index (χ3n) is 4.34. The van der Waals surface area contributed by atoms with E-state index in [0.717, 1.165) is 34.2 Å². The predicted molar refractivity (Wildman–Crippen MR) is 105 cm³/mol. The van der Waals surface area contributed by atoms with Gasteiger partial charge in [-0.25, -0.2) is 4.98 Å². The number of aromatic hydroxyl groups is 1. The van der Waals surface area contributed by atoms with Crippen LogP contribution in [-0.2, 0) is 0 Å². The number of para-hydroxylation sites is 2. The second-order valence-corrected chi connectivity index (χ2v) is 5.95. The van der Waals surface area contributed by atoms with Gasteiger partial charge in [-0.2, -0.15) is 0 Å². The van der Waals surface area contributed by atoms with E-state index < -0.39 is 0 Å². The molecule has 0 aliphatic rings. The van der Waals surface area contributed by atoms with E-state index in [1.54, 1.807) is 19.2 Å². The summed E-state index contributed by atoms with van der Waals surface area (Å²) in [6.07, 6.45) is 1.95. The van der Waals surface area contributed by atoms with Crippen molar-refractivity contribution in [3.63, 3.8) is 0 Å². The Kier molecular flexibility index (Phi) is 4.30. The molecule has 0 radical (unpaired) electrons. The number of nitrogens with one attached hydrogen (secondary N) is 1. The van der Waals surface area contributed by atoms with Gasteiger partial charge in [-0.05, 0) is 42.5 Å². The molecule has 2 N–H and O–H groups in total. The number of hydrogen-bond acceptors (Lipinski definition) is 5. The number of phenolic OH excluding ortho intramolecular Hbond substituents is 1. The molecule has 0 bridgehead atoms. The summed E-state index contributed by atoms with van der Waals surface area (Å²) in [6.45, 7) is 0. The number of fused-ring (bicyclic) bond motifs is 1. The fourth-order valence-corrected chi connectivity index (χ4v) is 3.02. The zero-order chi connectivity index (χ0) is 18.8. The first-order chi connectivity index (χ1) is 13.2. The first-order valence-electron chi connectivity index (χ1n) is 8.46. The number of aromatic nitrogens is 2. The molecule has 0 saturated heterocycles. The molecule has 0 aliphatic carbocycles. The minimum Gasteiger partial charge on any atom is -0.504 e. The first kappa shape index (κ1) is 16.8. The predicted octanol–water partition coefficient (Wildman–Crippen LogP) is 4.47. The second-order valence-electron chi connectivity index (χ2n) is 5.95. The summed E-state index contributed by atoms with van der Waals surface area (Å²) in [4.78, 5) is 4.76. The zero-order valence-corrected chi connectivity index (χ0v) is 15.0. The Morgan fingerprint density at radius 3 is 2.52 bits per heavy atom. The number of hydrogen-bond donors (Lipinski definition) is 2. The Hall–Kier alpha value is -3.67. The zero-order valence-electron chi connectivity index (χ0n) is 15.0. The molecule has 0 unspecified atom stereocenters. The number of anilines is 2. The van der Waals surface area contributed by atoms with Gasteiger partial charge in [0.25, 0.3) is 0 Å². The second kappa shape index (κ2) is 6.92. The largest absolute Gasteiger partial charge is 0.504 e. The van der Waals surface area contributed by atoms with Crippen molar-refractivity contribution in [2.75, 3.05) is 19.5 Å². The molecule has 6 heteroatoms. The van der Waals surface area contributed by atoms with Crippen LogP contribution in [-0.4, -0.2) is 28.7 Å². The molecule has 2 heterocycles. The number of pyridine rings is 1. The number of phenols is 1. The van der Waals surface area contributed by atoms with Crippen molar-refractivity contribution in [3.05, 3.63) is 66.9 Å². The summed E-state index contributed by atoms with van der Waals surface area (Å²) < 4.78 is 12.7. The normalized spacial score (nSPS) is 10.7. The minimum absolute atomic E-state index is 0.0873. The Balaban J connectivity index is 1.90. The van der Waals surface area contributed by atoms with Crippen molar-refractivity contribution in [1.29, 1.82) is 0 Å². The SMILES string of the molecule is COc1cc(-c2nc3ccccn3c2Nc2ccccc2OC)ccc1O. The van der Waals surface area contributed by atoms with Gasteiger partial charge in [0.2, 0.25) is 0 Å². The Morgan fingerprint density at radius 2 is 1.70 bits per heavy atom. The molecule has 136 valence electrons. The number of methoxy groups -OCH3 is 2. The van der Waals surface area contributed by atoms with Crippen LogP contribution in [0.25, 0.3) is 16.9 Å². The molecular weight excluding hydrogens is 342 g/mol. The highest BCUT2D eigenvalue weighted by molar-refractivity contribution is 5.81. The molecule has 0 saturated carbocycles. The van der Waals surface area contributed by atoms with Crippen molar-refractivity contribution >= 4 is 17.2 Å². The third-order valence-corrected chi connectivity index (χ3v) is 4.34. The van der Waals surface area contributed by atoms with Gasteiger partial charge in [-0.15, -0.1) is 0 Å². The van der Waals surface area contributed by atoms with Crippen LogP contribution in [0, 0.1) is 0 Å². The van der Waals surface area contributed by atoms with Crippen molar-refractivity contribution in [3.8, 4) is 28.5 Å². The first-order valence-corrected chi connectivity index (χ1v) is 8.46. The average Bonchev–Trinajstić information content (AvgIpc) is 3.07. The monoisotopic (exact) mass is 361 g/mol. The van der Waals surface area contributed by atoms with Gasteiger partial charge in [-0.3, -0.25) is 4.40 Å². The van der Waals surface area contributed by atoms with E-state index in [-0.39, 0.29) is 5.75 Å². The molecule has 4 rings (SSSR count). The Morgan fingerprint density at radius 1 is 0.926 bits per heavy atom. The highest BCUT2D eigenvalue weighted by atomic mass is 16.5. The maximum absolute atomic E-state index is 9.91. The molecule has 6 nitrogen and oxygen atoms in total. The molecule has 0 aliphatic heterocycles. The lowest BCUT2D eigenvalue weighted by Crippen LogP contribution is -1.99. The van der Waals surface area contributed by atoms with Gasteiger partial charge in [0.15, 0.2) is 11.5 Å². The highest BCUT2D eigenvalue weighted by Crippen LogP contribution is 2.37. The van der Waals surface area contributed by atoms with Crippen LogP contribution < -0.4 is 14.8 Å². The summed E-state index contributed by atoms with van der Waals surface area (Å²) in [6, 6.07) is 18.7. The molecule has 0 fully saturated rings. The highest BCUT2D eigenvalue weighted by Gasteiger charge is 2.17. The lowest BCUT2D eigenvalue weighted by molar-refractivity contribution is 0.373. The lowest BCUT2D eigenvalue weighted by atomic mass is 10.1. The Bertz CT molecular complexity index is 1100. The fourth-order valence-electron chi connectivity index (χ4n) is 3.02. The van der Waals surface area contributed by atoms with Gasteiger partial charge in [0, 0.05) is 11.8 Å². The van der Waals surface area contributed by atoms with Crippen LogP contribution in [0.5, 0.6) is 17.2 Å². The summed E-state index contributed by atoms with van der Waals surface area (Å²) in [5.74, 6) is 2.01. The number of nitrogens with zero attached hydrogens (tertiary/aromatic N) is 2. The molecule has 2 aromatic carbocycles. The van der Waals surface area contributed by atoms with E-state index in [0.29, 0.717) is 5.75 Å². The van der Waals surface area contributed by atoms with Crippen LogP contribution in [0.15, 0.2) is 66.9 Å². The van der Waals surface area contributed by atoms with E-state index in [1.807, 2.05) is 59.1 Å². The lowest BCUT2D eigenvalue weighted by Gasteiger charge is -2.13. The summed E-state index contributed by atoms with van der Waals surface area (Å²) in [7, 11) is 3.16. The van der Waals surface area contributed by atoms with E-state index in [4.69, 9.17) is 14.5 Å². The molecule has 0 amide bonds. The topological polar surface area (TPSA) is 68.0 Å². The van der Waals surface area contributed by atoms with Gasteiger partial charge in [-0.1, -0.05) is 18.2 Å². The summed E-state index contributed by atoms with van der Waals surface area (Å²) in [5.41, 5.74) is 3.20. The molecule has 0 atom stereocenters. The average molecular weight is 361 g/mol. The van der Waals surface area contributed by atoms with Crippen molar-refractivity contribution in [2.45, 2.75) is 0 Å². The van der Waals surface area contributed by atoms with Gasteiger partial charge in [0.1, 0.15) is 22.9 Å². The quantitative estimate of drug-likeness (QED) is 0.549. The molecule has 2 aromatic heterocycles. The van der Waals surface area contributed by atoms with Crippen LogP contribution in [0.1, 0.15) is 0 Å². The van der Waals surface area contributed by atoms with Crippen molar-refractivity contribution in [1.82, 2.24) is 9.38 Å². The van der Waals surface area contributed by atoms with E-state index >= 15 is 0 Å². The van der Waals surface area contributed by atoms with Gasteiger partial charge in [0.05, 0.1) is 19.9 Å². The number of rotatable bonds is 5. The van der Waals surface area contributed by atoms with Gasteiger partial charge >= 0.3 is 0 Å². The summed E-state index contributed by atoms with van der Waals surface area (Å²) >= 11 is 0. The van der Waals surface area contributed by atoms with Crippen molar-refractivity contribution in [2.24, 2.45) is 0 Å². The van der Waals surface area contributed by atoms with Gasteiger partial charge < -0.3 is 19.9 Å². The molecule has 27 heavy (non-hydrogen) atoms. The maximum atomic E-state index is 9.91. The minimum atomic E-state index is 0.0873. The molecular formula is C21H19N3O3.